The second-order valence-corrected chi connectivity index (χ2v) is 5.12. The Kier molecular flexibility index (Phi) is 3.79. The van der Waals surface area contributed by atoms with Gasteiger partial charge in [0.1, 0.15) is 0 Å². The van der Waals surface area contributed by atoms with Crippen LogP contribution in [0.2, 0.25) is 0 Å². The first-order valence-electron chi connectivity index (χ1n) is 6.72. The lowest BCUT2D eigenvalue weighted by atomic mass is 10.1. The van der Waals surface area contributed by atoms with Crippen molar-refractivity contribution in [1.82, 2.24) is 9.55 Å². The molecule has 0 saturated carbocycles. The zero-order chi connectivity index (χ0) is 13.8. The van der Waals surface area contributed by atoms with Crippen molar-refractivity contribution in [2.45, 2.75) is 13.0 Å². The molecule has 0 bridgehead atoms. The number of imidazole rings is 1. The summed E-state index contributed by atoms with van der Waals surface area (Å²) in [5, 5.41) is 0. The highest BCUT2D eigenvalue weighted by molar-refractivity contribution is 7.71. The van der Waals surface area contributed by atoms with Crippen molar-refractivity contribution < 1.29 is 0 Å². The first kappa shape index (κ1) is 12.9. The number of aromatic amines is 1. The Labute approximate surface area is 123 Å². The summed E-state index contributed by atoms with van der Waals surface area (Å²) in [7, 11) is 0. The summed E-state index contributed by atoms with van der Waals surface area (Å²) in [6.45, 7) is 0.885. The largest absolute Gasteiger partial charge is 0.337 e. The van der Waals surface area contributed by atoms with Gasteiger partial charge < -0.3 is 9.55 Å². The van der Waals surface area contributed by atoms with Crippen LogP contribution in [0.4, 0.5) is 0 Å². The van der Waals surface area contributed by atoms with E-state index in [4.69, 9.17) is 12.2 Å². The monoisotopic (exact) mass is 280 g/mol. The van der Waals surface area contributed by atoms with Crippen molar-refractivity contribution in [1.29, 1.82) is 0 Å². The van der Waals surface area contributed by atoms with Gasteiger partial charge in [0.2, 0.25) is 0 Å². The number of H-pyrrole nitrogens is 1. The fourth-order valence-corrected chi connectivity index (χ4v) is 2.60. The maximum Gasteiger partial charge on any atom is 0.177 e. The number of benzene rings is 2. The molecule has 3 heteroatoms. The zero-order valence-electron chi connectivity index (χ0n) is 11.1. The van der Waals surface area contributed by atoms with Crippen molar-refractivity contribution in [3.63, 3.8) is 0 Å². The Morgan fingerprint density at radius 2 is 1.55 bits per heavy atom. The van der Waals surface area contributed by atoms with E-state index in [-0.39, 0.29) is 0 Å². The molecule has 2 aromatic carbocycles. The van der Waals surface area contributed by atoms with Gasteiger partial charge in [-0.1, -0.05) is 60.7 Å². The lowest BCUT2D eigenvalue weighted by Gasteiger charge is -2.08. The smallest absolute Gasteiger partial charge is 0.177 e. The van der Waals surface area contributed by atoms with E-state index in [0.717, 1.165) is 23.4 Å². The summed E-state index contributed by atoms with van der Waals surface area (Å²) in [5.74, 6) is 0. The van der Waals surface area contributed by atoms with Crippen LogP contribution in [-0.4, -0.2) is 9.55 Å². The molecule has 0 saturated heterocycles. The minimum Gasteiger partial charge on any atom is -0.337 e. The van der Waals surface area contributed by atoms with E-state index in [9.17, 15) is 0 Å². The molecule has 20 heavy (non-hydrogen) atoms. The first-order valence-corrected chi connectivity index (χ1v) is 7.13. The number of nitrogens with one attached hydrogen (secondary N) is 1. The Bertz CT molecular complexity index is 726. The summed E-state index contributed by atoms with van der Waals surface area (Å²) >= 11 is 5.40. The molecule has 0 atom stereocenters. The van der Waals surface area contributed by atoms with Crippen molar-refractivity contribution >= 4 is 12.2 Å². The minimum absolute atomic E-state index is 0.778. The van der Waals surface area contributed by atoms with E-state index in [0.29, 0.717) is 0 Å². The molecular weight excluding hydrogens is 264 g/mol. The van der Waals surface area contributed by atoms with Gasteiger partial charge in [-0.05, 0) is 29.8 Å². The quantitative estimate of drug-likeness (QED) is 0.700. The third-order valence-electron chi connectivity index (χ3n) is 3.40. The molecule has 3 rings (SSSR count). The number of nitrogens with zero attached hydrogens (tertiary/aromatic N) is 1. The van der Waals surface area contributed by atoms with Crippen LogP contribution in [0, 0.1) is 4.77 Å². The van der Waals surface area contributed by atoms with Crippen molar-refractivity contribution in [2.75, 3.05) is 0 Å². The number of rotatable bonds is 4. The van der Waals surface area contributed by atoms with E-state index in [1.807, 2.05) is 30.5 Å². The molecule has 0 amide bonds. The van der Waals surface area contributed by atoms with E-state index >= 15 is 0 Å². The molecule has 0 unspecified atom stereocenters. The summed E-state index contributed by atoms with van der Waals surface area (Å²) in [5.41, 5.74) is 3.66. The molecule has 0 aliphatic heterocycles. The van der Waals surface area contributed by atoms with Gasteiger partial charge in [0.15, 0.2) is 4.77 Å². The fraction of sp³-hybridized carbons (Fsp3) is 0.118. The number of aryl methyl sites for hydroxylation is 1. The highest BCUT2D eigenvalue weighted by Crippen LogP contribution is 2.19. The van der Waals surface area contributed by atoms with Gasteiger partial charge in [-0.25, -0.2) is 0 Å². The normalized spacial score (nSPS) is 10.6. The Morgan fingerprint density at radius 1 is 0.900 bits per heavy atom. The third-order valence-corrected chi connectivity index (χ3v) is 3.74. The van der Waals surface area contributed by atoms with Crippen LogP contribution in [0.1, 0.15) is 5.56 Å². The molecule has 100 valence electrons. The number of hydrogen-bond donors (Lipinski definition) is 1. The van der Waals surface area contributed by atoms with Crippen LogP contribution >= 0.6 is 12.2 Å². The Balaban J connectivity index is 1.87. The third kappa shape index (κ3) is 2.73. The number of hydrogen-bond acceptors (Lipinski definition) is 1. The fourth-order valence-electron chi connectivity index (χ4n) is 2.35. The standard InChI is InChI=1S/C17H16N2S/c20-17-18-13-16(15-9-5-2-6-10-15)19(17)12-11-14-7-3-1-4-8-14/h1-10,13H,11-12H2,(H,18,20). The van der Waals surface area contributed by atoms with Crippen LogP contribution in [0.15, 0.2) is 66.9 Å². The second kappa shape index (κ2) is 5.88. The highest BCUT2D eigenvalue weighted by Gasteiger charge is 2.06. The van der Waals surface area contributed by atoms with Crippen LogP contribution in [0.3, 0.4) is 0 Å². The molecule has 0 fully saturated rings. The van der Waals surface area contributed by atoms with E-state index in [2.05, 4.69) is 45.9 Å². The van der Waals surface area contributed by atoms with Crippen LogP contribution < -0.4 is 0 Å². The van der Waals surface area contributed by atoms with E-state index in [1.54, 1.807) is 0 Å². The average Bonchev–Trinajstić information content (AvgIpc) is 2.88. The Hall–Kier alpha value is -2.13. The van der Waals surface area contributed by atoms with E-state index < -0.39 is 0 Å². The van der Waals surface area contributed by atoms with Gasteiger partial charge in [0.25, 0.3) is 0 Å². The minimum atomic E-state index is 0.778. The predicted octanol–water partition coefficient (Wildman–Crippen LogP) is 4.46. The SMILES string of the molecule is S=c1[nH]cc(-c2ccccc2)n1CCc1ccccc1. The van der Waals surface area contributed by atoms with Gasteiger partial charge in [-0.3, -0.25) is 0 Å². The lowest BCUT2D eigenvalue weighted by molar-refractivity contribution is 0.693. The van der Waals surface area contributed by atoms with Crippen molar-refractivity contribution in [3.8, 4) is 11.3 Å². The molecular formula is C17H16N2S. The molecule has 3 aromatic rings. The van der Waals surface area contributed by atoms with Crippen molar-refractivity contribution in [3.05, 3.63) is 77.2 Å². The second-order valence-electron chi connectivity index (χ2n) is 4.73. The van der Waals surface area contributed by atoms with Crippen LogP contribution in [0.25, 0.3) is 11.3 Å². The summed E-state index contributed by atoms with van der Waals surface area (Å²) in [6, 6.07) is 20.8. The van der Waals surface area contributed by atoms with Gasteiger partial charge in [0, 0.05) is 12.7 Å². The lowest BCUT2D eigenvalue weighted by Crippen LogP contribution is -2.03. The highest BCUT2D eigenvalue weighted by atomic mass is 32.1. The van der Waals surface area contributed by atoms with E-state index in [1.165, 1.54) is 11.1 Å². The summed E-state index contributed by atoms with van der Waals surface area (Å²) < 4.78 is 2.94. The van der Waals surface area contributed by atoms with Crippen LogP contribution in [-0.2, 0) is 13.0 Å². The predicted molar refractivity (Wildman–Crippen MR) is 85.2 cm³/mol. The van der Waals surface area contributed by atoms with Gasteiger partial charge in [-0.15, -0.1) is 0 Å². The van der Waals surface area contributed by atoms with Gasteiger partial charge >= 0.3 is 0 Å². The molecule has 0 spiro atoms. The molecule has 0 radical (unpaired) electrons. The molecule has 1 N–H and O–H groups in total. The van der Waals surface area contributed by atoms with Gasteiger partial charge in [0.05, 0.1) is 5.69 Å². The molecule has 0 aliphatic rings. The Morgan fingerprint density at radius 3 is 2.25 bits per heavy atom. The molecule has 1 aromatic heterocycles. The van der Waals surface area contributed by atoms with Gasteiger partial charge in [-0.2, -0.15) is 0 Å². The maximum absolute atomic E-state index is 5.40. The van der Waals surface area contributed by atoms with Crippen LogP contribution in [0.5, 0.6) is 0 Å². The topological polar surface area (TPSA) is 20.7 Å². The maximum atomic E-state index is 5.40. The summed E-state index contributed by atoms with van der Waals surface area (Å²) in [4.78, 5) is 3.15. The number of aromatic nitrogens is 2. The molecule has 2 nitrogen and oxygen atoms in total. The molecule has 1 heterocycles. The van der Waals surface area contributed by atoms with Crippen molar-refractivity contribution in [2.24, 2.45) is 0 Å². The summed E-state index contributed by atoms with van der Waals surface area (Å²) in [6.07, 6.45) is 2.97. The zero-order valence-corrected chi connectivity index (χ0v) is 11.9. The first-order chi connectivity index (χ1) is 9.84. The molecule has 0 aliphatic carbocycles. The average molecular weight is 280 g/mol.